The molecule has 0 saturated heterocycles. The van der Waals surface area contributed by atoms with Crippen LogP contribution in [0.4, 0.5) is 0 Å². The van der Waals surface area contributed by atoms with Gasteiger partial charge in [0.1, 0.15) is 0 Å². The molecule has 0 unspecified atom stereocenters. The van der Waals surface area contributed by atoms with Crippen molar-refractivity contribution in [2.45, 2.75) is 33.6 Å². The molecular formula is C10H19N. The molecule has 0 aliphatic heterocycles. The van der Waals surface area contributed by atoms with Gasteiger partial charge in [0.2, 0.25) is 0 Å². The molecule has 0 bridgehead atoms. The van der Waals surface area contributed by atoms with E-state index in [-0.39, 0.29) is 0 Å². The smallest absolute Gasteiger partial charge is 0.0293 e. The second-order valence-corrected chi connectivity index (χ2v) is 2.70. The Kier molecular flexibility index (Phi) is 5.63. The van der Waals surface area contributed by atoms with Crippen LogP contribution in [0.1, 0.15) is 33.6 Å². The van der Waals surface area contributed by atoms with Gasteiger partial charge in [-0.05, 0) is 25.3 Å². The van der Waals surface area contributed by atoms with Gasteiger partial charge in [0.05, 0.1) is 0 Å². The molecular weight excluding hydrogens is 134 g/mol. The molecule has 0 aromatic heterocycles. The average molecular weight is 153 g/mol. The third-order valence-electron chi connectivity index (χ3n) is 1.57. The summed E-state index contributed by atoms with van der Waals surface area (Å²) in [5.74, 6) is 0. The normalized spacial score (nSPS) is 11.4. The molecule has 0 saturated carbocycles. The van der Waals surface area contributed by atoms with Crippen molar-refractivity contribution >= 4 is 0 Å². The Morgan fingerprint density at radius 2 is 2.09 bits per heavy atom. The molecule has 0 aliphatic carbocycles. The third kappa shape index (κ3) is 4.65. The Hall–Kier alpha value is -0.720. The highest BCUT2D eigenvalue weighted by molar-refractivity contribution is 5.23. The predicted octanol–water partition coefficient (Wildman–Crippen LogP) is 2.86. The highest BCUT2D eigenvalue weighted by Crippen LogP contribution is 2.03. The number of hydrogen-bond acceptors (Lipinski definition) is 1. The minimum Gasteiger partial charge on any atom is -0.385 e. The van der Waals surface area contributed by atoms with E-state index in [1.54, 1.807) is 0 Å². The molecule has 0 aliphatic rings. The molecule has 1 nitrogen and oxygen atoms in total. The summed E-state index contributed by atoms with van der Waals surface area (Å²) >= 11 is 0. The summed E-state index contributed by atoms with van der Waals surface area (Å²) in [6, 6.07) is 0. The lowest BCUT2D eigenvalue weighted by molar-refractivity contribution is 0.776. The Morgan fingerprint density at radius 1 is 1.45 bits per heavy atom. The molecule has 1 N–H and O–H groups in total. The van der Waals surface area contributed by atoms with E-state index < -0.39 is 0 Å². The summed E-state index contributed by atoms with van der Waals surface area (Å²) in [4.78, 5) is 0. The van der Waals surface area contributed by atoms with Gasteiger partial charge < -0.3 is 5.32 Å². The Labute approximate surface area is 70.2 Å². The van der Waals surface area contributed by atoms with Crippen LogP contribution >= 0.6 is 0 Å². The number of nitrogens with one attached hydrogen (secondary N) is 1. The molecule has 0 atom stereocenters. The van der Waals surface area contributed by atoms with Crippen molar-refractivity contribution in [3.05, 3.63) is 23.9 Å². The molecule has 0 radical (unpaired) electrons. The predicted molar refractivity (Wildman–Crippen MR) is 51.5 cm³/mol. The molecule has 1 heteroatoms. The van der Waals surface area contributed by atoms with Crippen LogP contribution in [-0.2, 0) is 0 Å². The molecule has 0 rings (SSSR count). The molecule has 0 spiro atoms. The van der Waals surface area contributed by atoms with E-state index in [0.29, 0.717) is 0 Å². The van der Waals surface area contributed by atoms with Crippen molar-refractivity contribution in [1.82, 2.24) is 5.32 Å². The minimum atomic E-state index is 1.02. The van der Waals surface area contributed by atoms with Crippen LogP contribution in [0.25, 0.3) is 0 Å². The van der Waals surface area contributed by atoms with Gasteiger partial charge in [-0.2, -0.15) is 0 Å². The largest absolute Gasteiger partial charge is 0.385 e. The van der Waals surface area contributed by atoms with Crippen LogP contribution in [0.5, 0.6) is 0 Å². The molecule has 0 aromatic carbocycles. The first kappa shape index (κ1) is 10.3. The first-order chi connectivity index (χ1) is 5.22. The highest BCUT2D eigenvalue weighted by Gasteiger charge is 1.92. The summed E-state index contributed by atoms with van der Waals surface area (Å²) in [6.45, 7) is 11.3. The van der Waals surface area contributed by atoms with Gasteiger partial charge in [0, 0.05) is 12.2 Å². The van der Waals surface area contributed by atoms with Crippen LogP contribution in [-0.4, -0.2) is 6.54 Å². The lowest BCUT2D eigenvalue weighted by atomic mass is 10.2. The van der Waals surface area contributed by atoms with Gasteiger partial charge in [-0.25, -0.2) is 0 Å². The maximum Gasteiger partial charge on any atom is 0.0293 e. The van der Waals surface area contributed by atoms with Crippen molar-refractivity contribution in [1.29, 1.82) is 0 Å². The molecule has 0 heterocycles. The summed E-state index contributed by atoms with van der Waals surface area (Å²) in [5, 5.41) is 3.25. The van der Waals surface area contributed by atoms with E-state index in [9.17, 15) is 0 Å². The fourth-order valence-electron chi connectivity index (χ4n) is 0.845. The van der Waals surface area contributed by atoms with Gasteiger partial charge in [-0.15, -0.1) is 0 Å². The van der Waals surface area contributed by atoms with Crippen LogP contribution < -0.4 is 5.32 Å². The first-order valence-electron chi connectivity index (χ1n) is 4.32. The van der Waals surface area contributed by atoms with Crippen molar-refractivity contribution < 1.29 is 0 Å². The van der Waals surface area contributed by atoms with E-state index in [0.717, 1.165) is 25.1 Å². The zero-order valence-corrected chi connectivity index (χ0v) is 7.91. The topological polar surface area (TPSA) is 12.0 Å². The van der Waals surface area contributed by atoms with E-state index in [4.69, 9.17) is 0 Å². The van der Waals surface area contributed by atoms with Crippen molar-refractivity contribution in [3.8, 4) is 0 Å². The van der Waals surface area contributed by atoms with Crippen molar-refractivity contribution in [2.75, 3.05) is 6.54 Å². The lowest BCUT2D eigenvalue weighted by Gasteiger charge is -2.07. The summed E-state index contributed by atoms with van der Waals surface area (Å²) < 4.78 is 0. The maximum atomic E-state index is 3.93. The third-order valence-corrected chi connectivity index (χ3v) is 1.57. The minimum absolute atomic E-state index is 1.02. The summed E-state index contributed by atoms with van der Waals surface area (Å²) in [6.07, 6.45) is 4.42. The maximum absolute atomic E-state index is 3.93. The van der Waals surface area contributed by atoms with Crippen LogP contribution in [0.3, 0.4) is 0 Å². The molecule has 0 aromatic rings. The van der Waals surface area contributed by atoms with Crippen LogP contribution in [0.15, 0.2) is 23.9 Å². The standard InChI is InChI=1S/C10H19N/c1-5-7-9(3)10(4)11-8-6-2/h7,11H,4-6,8H2,1-3H3/b9-7+. The molecule has 0 amide bonds. The van der Waals surface area contributed by atoms with E-state index in [1.807, 2.05) is 0 Å². The second kappa shape index (κ2) is 6.02. The zero-order chi connectivity index (χ0) is 8.69. The van der Waals surface area contributed by atoms with Gasteiger partial charge in [-0.3, -0.25) is 0 Å². The van der Waals surface area contributed by atoms with Crippen molar-refractivity contribution in [2.24, 2.45) is 0 Å². The fraction of sp³-hybridized carbons (Fsp3) is 0.600. The monoisotopic (exact) mass is 153 g/mol. The first-order valence-corrected chi connectivity index (χ1v) is 4.32. The van der Waals surface area contributed by atoms with Gasteiger partial charge in [0.15, 0.2) is 0 Å². The summed E-state index contributed by atoms with van der Waals surface area (Å²) in [5.41, 5.74) is 2.33. The van der Waals surface area contributed by atoms with Gasteiger partial charge in [-0.1, -0.05) is 26.5 Å². The van der Waals surface area contributed by atoms with E-state index >= 15 is 0 Å². The summed E-state index contributed by atoms with van der Waals surface area (Å²) in [7, 11) is 0. The van der Waals surface area contributed by atoms with Crippen molar-refractivity contribution in [3.63, 3.8) is 0 Å². The number of hydrogen-bond donors (Lipinski definition) is 1. The van der Waals surface area contributed by atoms with Gasteiger partial charge in [0.25, 0.3) is 0 Å². The molecule has 0 fully saturated rings. The number of rotatable bonds is 5. The van der Waals surface area contributed by atoms with Crippen LogP contribution in [0, 0.1) is 0 Å². The second-order valence-electron chi connectivity index (χ2n) is 2.70. The van der Waals surface area contributed by atoms with E-state index in [1.165, 1.54) is 5.57 Å². The highest BCUT2D eigenvalue weighted by atomic mass is 14.9. The Balaban J connectivity index is 3.73. The molecule has 11 heavy (non-hydrogen) atoms. The SMILES string of the molecule is C=C(NCCC)/C(C)=C/CC. The van der Waals surface area contributed by atoms with Crippen LogP contribution in [0.2, 0.25) is 0 Å². The zero-order valence-electron chi connectivity index (χ0n) is 7.91. The van der Waals surface area contributed by atoms with Gasteiger partial charge >= 0.3 is 0 Å². The lowest BCUT2D eigenvalue weighted by Crippen LogP contribution is -2.13. The Bertz CT molecular complexity index is 145. The average Bonchev–Trinajstić information content (AvgIpc) is 2.00. The number of allylic oxidation sites excluding steroid dienone is 2. The van der Waals surface area contributed by atoms with E-state index in [2.05, 4.69) is 38.7 Å². The fourth-order valence-corrected chi connectivity index (χ4v) is 0.845. The quantitative estimate of drug-likeness (QED) is 0.599. The molecule has 64 valence electrons. The Morgan fingerprint density at radius 3 is 2.55 bits per heavy atom.